The van der Waals surface area contributed by atoms with Gasteiger partial charge in [0.05, 0.1) is 49.7 Å². The van der Waals surface area contributed by atoms with Crippen LogP contribution in [-0.4, -0.2) is 256 Å². The molecule has 0 radical (unpaired) electrons. The Labute approximate surface area is 500 Å². The van der Waals surface area contributed by atoms with Gasteiger partial charge in [0.2, 0.25) is 0 Å². The van der Waals surface area contributed by atoms with Gasteiger partial charge in [-0.25, -0.2) is 9.59 Å². The van der Waals surface area contributed by atoms with E-state index in [4.69, 9.17) is 42.6 Å². The third-order valence-corrected chi connectivity index (χ3v) is 22.6. The Kier molecular flexibility index (Phi) is 19.9. The molecule has 15 N–H and O–H groups in total. The quantitative estimate of drug-likeness (QED) is 0.0357. The fourth-order valence-electron chi connectivity index (χ4n) is 17.5. The summed E-state index contributed by atoms with van der Waals surface area (Å²) in [7, 11) is 0. The van der Waals surface area contributed by atoms with E-state index in [1.807, 2.05) is 27.7 Å². The van der Waals surface area contributed by atoms with E-state index in [1.54, 1.807) is 6.08 Å². The molecule has 31 unspecified atom stereocenters. The molecule has 9 aliphatic rings. The maximum Gasteiger partial charge on any atom is 0.335 e. The maximum atomic E-state index is 13.4. The average molecular weight is 1230 g/mol. The Balaban J connectivity index is 1.05. The van der Waals surface area contributed by atoms with Gasteiger partial charge in [0.15, 0.2) is 31.3 Å². The number of ether oxygens (including phenoxy) is 9. The molecule has 31 atom stereocenters. The summed E-state index contributed by atoms with van der Waals surface area (Å²) >= 11 is 0. The third-order valence-electron chi connectivity index (χ3n) is 22.6. The molecule has 4 saturated carbocycles. The molecule has 86 heavy (non-hydrogen) atoms. The number of carboxylic acids is 1. The number of aliphatic hydroxyl groups excluding tert-OH is 14. The molecule has 8 fully saturated rings. The molecule has 0 aromatic heterocycles. The van der Waals surface area contributed by atoms with Crippen LogP contribution in [0.15, 0.2) is 23.8 Å². The predicted molar refractivity (Wildman–Crippen MR) is 294 cm³/mol. The molecule has 0 amide bonds. The van der Waals surface area contributed by atoms with Gasteiger partial charge in [-0.1, -0.05) is 79.5 Å². The average Bonchev–Trinajstić information content (AvgIpc) is 0.674. The van der Waals surface area contributed by atoms with Gasteiger partial charge in [0, 0.05) is 11.5 Å². The normalized spacial score (nSPS) is 51.8. The Hall–Kier alpha value is -2.46. The number of esters is 1. The van der Waals surface area contributed by atoms with Crippen molar-refractivity contribution in [3.8, 4) is 0 Å². The van der Waals surface area contributed by atoms with Crippen LogP contribution >= 0.6 is 0 Å². The van der Waals surface area contributed by atoms with E-state index in [9.17, 15) is 86.2 Å². The largest absolute Gasteiger partial charge is 0.479 e. The number of rotatable bonds is 16. The Morgan fingerprint density at radius 2 is 1.20 bits per heavy atom. The summed E-state index contributed by atoms with van der Waals surface area (Å²) in [5, 5.41) is 168. The van der Waals surface area contributed by atoms with Gasteiger partial charge in [-0.05, 0) is 97.7 Å². The molecule has 26 nitrogen and oxygen atoms in total. The van der Waals surface area contributed by atoms with Crippen LogP contribution in [0.25, 0.3) is 0 Å². The first-order valence-corrected chi connectivity index (χ1v) is 30.6. The summed E-state index contributed by atoms with van der Waals surface area (Å²) in [5.74, 6) is -3.09. The number of carbonyl (C=O) groups excluding carboxylic acids is 1. The van der Waals surface area contributed by atoms with Gasteiger partial charge < -0.3 is 119 Å². The van der Waals surface area contributed by atoms with Crippen LogP contribution in [0.4, 0.5) is 0 Å². The van der Waals surface area contributed by atoms with Crippen LogP contribution < -0.4 is 0 Å². The highest BCUT2D eigenvalue weighted by atomic mass is 16.8. The highest BCUT2D eigenvalue weighted by Gasteiger charge is 2.75. The molecule has 0 spiro atoms. The number of unbranched alkanes of at least 4 members (excludes halogenated alkanes) is 1. The molecule has 9 rings (SSSR count). The zero-order valence-electron chi connectivity index (χ0n) is 50.5. The number of hydrogen-bond acceptors (Lipinski definition) is 25. The van der Waals surface area contributed by atoms with Gasteiger partial charge >= 0.3 is 11.9 Å². The number of carbonyl (C=O) groups is 2. The van der Waals surface area contributed by atoms with E-state index in [0.29, 0.717) is 44.9 Å². The Bertz CT molecular complexity index is 2440. The van der Waals surface area contributed by atoms with Crippen molar-refractivity contribution in [3.63, 3.8) is 0 Å². The molecular weight excluding hydrogens is 1140 g/mol. The number of allylic oxidation sites excluding steroid dienone is 2. The topological polar surface area (TPSA) is 421 Å². The molecule has 492 valence electrons. The van der Waals surface area contributed by atoms with Crippen molar-refractivity contribution in [2.24, 2.45) is 50.2 Å². The Morgan fingerprint density at radius 3 is 1.81 bits per heavy atom. The molecule has 4 aliphatic heterocycles. The molecular formula is C60H96O26. The first kappa shape index (κ1) is 67.9. The zero-order chi connectivity index (χ0) is 63.3. The molecule has 26 heteroatoms. The van der Waals surface area contributed by atoms with Crippen molar-refractivity contribution in [3.05, 3.63) is 23.8 Å². The number of fused-ring (bicyclic) bond motifs is 7. The van der Waals surface area contributed by atoms with Crippen molar-refractivity contribution in [1.29, 1.82) is 0 Å². The van der Waals surface area contributed by atoms with Crippen LogP contribution in [-0.2, 0) is 52.2 Å². The van der Waals surface area contributed by atoms with E-state index < -0.39 is 217 Å². The first-order valence-electron chi connectivity index (χ1n) is 30.6. The summed E-state index contributed by atoms with van der Waals surface area (Å²) in [4.78, 5) is 26.6. The summed E-state index contributed by atoms with van der Waals surface area (Å²) in [6.45, 7) is 15.5. The van der Waals surface area contributed by atoms with E-state index in [1.165, 1.54) is 13.0 Å². The molecule has 0 aromatic carbocycles. The lowest BCUT2D eigenvalue weighted by atomic mass is 9.32. The number of aliphatic carboxylic acids is 1. The van der Waals surface area contributed by atoms with Gasteiger partial charge in [0.1, 0.15) is 91.6 Å². The highest BCUT2D eigenvalue weighted by Crippen LogP contribution is 2.76. The van der Waals surface area contributed by atoms with Crippen molar-refractivity contribution in [1.82, 2.24) is 0 Å². The fraction of sp³-hybridized carbons (Fsp3) is 0.900. The van der Waals surface area contributed by atoms with E-state index in [-0.39, 0.29) is 18.3 Å². The second-order valence-electron chi connectivity index (χ2n) is 28.2. The lowest BCUT2D eigenvalue weighted by Gasteiger charge is -2.73. The second-order valence-corrected chi connectivity index (χ2v) is 28.2. The standard InChI is InChI=1S/C60H96O26/c1-10-11-12-13-34(64)81-33-21-55(3,4)20-27-26-14-15-31-57(7)18-17-32(56(5,6)30(57)16-19-58(31,8)59(26,9)48(74)49(75)60(27,33)24-63)82-54-47(86-52-42(72)39(69)36(66)28(22-61)79-52)44(43(73)45(84-54)50(76)77)83-53-46(40(70)37(67)29(23-62)80-53)85-51-41(71)38(68)35(65)25(2)78-51/h12-14,25,27-33,35-49,51-54,61-63,65-75H,10-11,15-24H2,1-9H3,(H,76,77). The molecule has 4 saturated heterocycles. The SMILES string of the molecule is CCCC=CC(=O)OC1CC(C)(C)CC2C3=CCC4C5(C)CCC(OC6OC(C(=O)O)C(O)C(OC7OC(CO)C(O)C(O)C7OC7OC(C)C(O)C(O)C7O)C6OC6OC(CO)C(O)C(O)C6O)C(C)(C)C5CCC4(C)C3(C)C(O)C(O)C12CO. The van der Waals surface area contributed by atoms with Crippen molar-refractivity contribution >= 4 is 11.9 Å². The molecule has 4 heterocycles. The highest BCUT2D eigenvalue weighted by molar-refractivity contribution is 5.82. The fourth-order valence-corrected chi connectivity index (χ4v) is 17.5. The lowest BCUT2D eigenvalue weighted by Crippen LogP contribution is -2.74. The first-order chi connectivity index (χ1) is 40.2. The minimum absolute atomic E-state index is 0.128. The smallest absolute Gasteiger partial charge is 0.335 e. The minimum Gasteiger partial charge on any atom is -0.479 e. The Morgan fingerprint density at radius 1 is 0.616 bits per heavy atom. The zero-order valence-corrected chi connectivity index (χ0v) is 50.5. The maximum absolute atomic E-state index is 13.4. The summed E-state index contributed by atoms with van der Waals surface area (Å²) in [6.07, 6.45) is -32.6. The summed E-state index contributed by atoms with van der Waals surface area (Å²) in [5.41, 5.74) is -3.95. The predicted octanol–water partition coefficient (Wildman–Crippen LogP) is -1.62. The number of carboxylic acid groups (broad SMARTS) is 1. The molecule has 0 aromatic rings. The molecule has 5 aliphatic carbocycles. The lowest BCUT2D eigenvalue weighted by molar-refractivity contribution is -0.406. The van der Waals surface area contributed by atoms with E-state index >= 15 is 0 Å². The number of aliphatic hydroxyl groups is 14. The minimum atomic E-state index is -2.29. The van der Waals surface area contributed by atoms with Crippen LogP contribution in [0, 0.1) is 50.2 Å². The third kappa shape index (κ3) is 11.2. The van der Waals surface area contributed by atoms with Crippen LogP contribution in [0.3, 0.4) is 0 Å². The van der Waals surface area contributed by atoms with Crippen LogP contribution in [0.5, 0.6) is 0 Å². The summed E-state index contributed by atoms with van der Waals surface area (Å²) in [6, 6.07) is 0. The number of hydrogen-bond donors (Lipinski definition) is 15. The second kappa shape index (κ2) is 25.2. The molecule has 0 bridgehead atoms. The van der Waals surface area contributed by atoms with Gasteiger partial charge in [-0.3, -0.25) is 0 Å². The summed E-state index contributed by atoms with van der Waals surface area (Å²) < 4.78 is 55.3. The van der Waals surface area contributed by atoms with Gasteiger partial charge in [0.25, 0.3) is 0 Å². The monoisotopic (exact) mass is 1230 g/mol. The van der Waals surface area contributed by atoms with Crippen LogP contribution in [0.1, 0.15) is 120 Å². The van der Waals surface area contributed by atoms with Crippen LogP contribution in [0.2, 0.25) is 0 Å². The van der Waals surface area contributed by atoms with Crippen molar-refractivity contribution in [2.45, 2.75) is 267 Å². The van der Waals surface area contributed by atoms with E-state index in [0.717, 1.165) is 12.0 Å². The van der Waals surface area contributed by atoms with Gasteiger partial charge in [-0.2, -0.15) is 0 Å². The van der Waals surface area contributed by atoms with Crippen molar-refractivity contribution in [2.75, 3.05) is 19.8 Å². The van der Waals surface area contributed by atoms with Crippen molar-refractivity contribution < 1.29 is 129 Å². The van der Waals surface area contributed by atoms with Gasteiger partial charge in [-0.15, -0.1) is 0 Å². The van der Waals surface area contributed by atoms with E-state index in [2.05, 4.69) is 33.8 Å².